The van der Waals surface area contributed by atoms with Gasteiger partial charge in [-0.25, -0.2) is 8.42 Å². The lowest BCUT2D eigenvalue weighted by molar-refractivity contribution is -0.139. The SMILES string of the molecule is CNC(=O)[C@H](C)N(Cc1cccc(C)c1)C(=O)CN(c1cccc(C)c1C)S(=O)(=O)c1ccc(C)cc1. The Morgan fingerprint density at radius 3 is 2.16 bits per heavy atom. The van der Waals surface area contributed by atoms with Gasteiger partial charge in [-0.05, 0) is 69.5 Å². The van der Waals surface area contributed by atoms with Crippen LogP contribution in [0, 0.1) is 27.7 Å². The molecule has 3 aromatic carbocycles. The lowest BCUT2D eigenvalue weighted by Crippen LogP contribution is -2.50. The minimum atomic E-state index is -4.08. The Labute approximate surface area is 220 Å². The van der Waals surface area contributed by atoms with Gasteiger partial charge in [0.15, 0.2) is 0 Å². The van der Waals surface area contributed by atoms with Gasteiger partial charge in [0.25, 0.3) is 10.0 Å². The molecule has 7 nitrogen and oxygen atoms in total. The largest absolute Gasteiger partial charge is 0.357 e. The molecular weight excluding hydrogens is 486 g/mol. The molecule has 0 bridgehead atoms. The summed E-state index contributed by atoms with van der Waals surface area (Å²) >= 11 is 0. The summed E-state index contributed by atoms with van der Waals surface area (Å²) in [7, 11) is -2.57. The molecule has 2 amide bonds. The molecule has 1 atom stereocenters. The fourth-order valence-electron chi connectivity index (χ4n) is 4.16. The molecule has 37 heavy (non-hydrogen) atoms. The smallest absolute Gasteiger partial charge is 0.264 e. The molecule has 3 rings (SSSR count). The van der Waals surface area contributed by atoms with Crippen LogP contribution in [0.15, 0.2) is 71.6 Å². The zero-order valence-electron chi connectivity index (χ0n) is 22.3. The Hall–Kier alpha value is -3.65. The Bertz CT molecular complexity index is 1380. The standard InChI is InChI=1S/C29H35N3O4S/c1-20-13-15-26(16-14-20)37(35,36)32(27-12-8-10-22(3)23(27)4)19-28(33)31(24(5)29(34)30-6)18-25-11-7-9-21(2)17-25/h7-17,24H,18-19H2,1-6H3,(H,30,34)/t24-/m0/s1. The highest BCUT2D eigenvalue weighted by molar-refractivity contribution is 7.92. The van der Waals surface area contributed by atoms with Crippen molar-refractivity contribution in [1.29, 1.82) is 0 Å². The molecule has 0 radical (unpaired) electrons. The first-order valence-electron chi connectivity index (χ1n) is 12.2. The van der Waals surface area contributed by atoms with Crippen LogP contribution in [0.4, 0.5) is 5.69 Å². The summed E-state index contributed by atoms with van der Waals surface area (Å²) in [5.41, 5.74) is 4.90. The van der Waals surface area contributed by atoms with Gasteiger partial charge >= 0.3 is 0 Å². The van der Waals surface area contributed by atoms with Gasteiger partial charge < -0.3 is 10.2 Å². The number of rotatable bonds is 9. The second-order valence-corrected chi connectivity index (χ2v) is 11.2. The summed E-state index contributed by atoms with van der Waals surface area (Å²) in [4.78, 5) is 27.9. The van der Waals surface area contributed by atoms with Gasteiger partial charge in [0.1, 0.15) is 12.6 Å². The Kier molecular flexibility index (Phi) is 8.76. The highest BCUT2D eigenvalue weighted by Crippen LogP contribution is 2.29. The normalized spacial score (nSPS) is 12.1. The zero-order chi connectivity index (χ0) is 27.3. The number of anilines is 1. The van der Waals surface area contributed by atoms with E-state index >= 15 is 0 Å². The highest BCUT2D eigenvalue weighted by atomic mass is 32.2. The van der Waals surface area contributed by atoms with Crippen molar-refractivity contribution in [1.82, 2.24) is 10.2 Å². The first kappa shape index (κ1) is 27.9. The van der Waals surface area contributed by atoms with Crippen molar-refractivity contribution in [3.05, 3.63) is 94.5 Å². The van der Waals surface area contributed by atoms with Crippen molar-refractivity contribution in [3.8, 4) is 0 Å². The van der Waals surface area contributed by atoms with Gasteiger partial charge in [-0.1, -0.05) is 59.7 Å². The molecular formula is C29H35N3O4S. The first-order chi connectivity index (χ1) is 17.4. The van der Waals surface area contributed by atoms with Gasteiger partial charge in [0, 0.05) is 13.6 Å². The van der Waals surface area contributed by atoms with Crippen LogP contribution in [0.2, 0.25) is 0 Å². The fraction of sp³-hybridized carbons (Fsp3) is 0.310. The van der Waals surface area contributed by atoms with Crippen LogP contribution in [0.1, 0.15) is 34.7 Å². The summed E-state index contributed by atoms with van der Waals surface area (Å²) in [6.07, 6.45) is 0. The van der Waals surface area contributed by atoms with Crippen molar-refractivity contribution in [2.24, 2.45) is 0 Å². The minimum Gasteiger partial charge on any atom is -0.357 e. The van der Waals surface area contributed by atoms with Crippen LogP contribution in [0.5, 0.6) is 0 Å². The van der Waals surface area contributed by atoms with E-state index in [4.69, 9.17) is 0 Å². The van der Waals surface area contributed by atoms with Crippen LogP contribution in [-0.2, 0) is 26.2 Å². The van der Waals surface area contributed by atoms with Gasteiger partial charge in [-0.2, -0.15) is 0 Å². The topological polar surface area (TPSA) is 86.8 Å². The van der Waals surface area contributed by atoms with Crippen molar-refractivity contribution in [2.45, 2.75) is 52.1 Å². The third kappa shape index (κ3) is 6.38. The average molecular weight is 522 g/mol. The molecule has 0 saturated heterocycles. The van der Waals surface area contributed by atoms with E-state index in [1.807, 2.05) is 58.0 Å². The van der Waals surface area contributed by atoms with E-state index in [-0.39, 0.29) is 17.3 Å². The van der Waals surface area contributed by atoms with Crippen molar-refractivity contribution < 1.29 is 18.0 Å². The summed E-state index contributed by atoms with van der Waals surface area (Å²) in [5.74, 6) is -0.810. The number of likely N-dealkylation sites (N-methyl/N-ethyl adjacent to an activating group) is 1. The first-order valence-corrected chi connectivity index (χ1v) is 13.6. The van der Waals surface area contributed by atoms with Crippen LogP contribution in [0.3, 0.4) is 0 Å². The minimum absolute atomic E-state index is 0.0939. The number of amides is 2. The Balaban J connectivity index is 2.08. The lowest BCUT2D eigenvalue weighted by Gasteiger charge is -2.32. The van der Waals surface area contributed by atoms with Gasteiger partial charge in [0.05, 0.1) is 10.6 Å². The number of hydrogen-bond donors (Lipinski definition) is 1. The number of benzene rings is 3. The quantitative estimate of drug-likeness (QED) is 0.455. The average Bonchev–Trinajstić information content (AvgIpc) is 2.87. The van der Waals surface area contributed by atoms with Gasteiger partial charge in [0.2, 0.25) is 11.8 Å². The van der Waals surface area contributed by atoms with Crippen molar-refractivity contribution >= 4 is 27.5 Å². The van der Waals surface area contributed by atoms with Crippen molar-refractivity contribution in [3.63, 3.8) is 0 Å². The predicted molar refractivity (Wildman–Crippen MR) is 147 cm³/mol. The predicted octanol–water partition coefficient (Wildman–Crippen LogP) is 4.28. The monoisotopic (exact) mass is 521 g/mol. The van der Waals surface area contributed by atoms with Gasteiger partial charge in [-0.3, -0.25) is 13.9 Å². The molecule has 196 valence electrons. The molecule has 8 heteroatoms. The van der Waals surface area contributed by atoms with Crippen LogP contribution in [0.25, 0.3) is 0 Å². The fourth-order valence-corrected chi connectivity index (χ4v) is 5.63. The molecule has 0 aromatic heterocycles. The number of nitrogens with one attached hydrogen (secondary N) is 1. The Morgan fingerprint density at radius 2 is 1.54 bits per heavy atom. The number of carbonyl (C=O) groups is 2. The van der Waals surface area contributed by atoms with Crippen LogP contribution < -0.4 is 9.62 Å². The van der Waals surface area contributed by atoms with Crippen LogP contribution in [-0.4, -0.2) is 44.8 Å². The molecule has 0 unspecified atom stereocenters. The number of aryl methyl sites for hydroxylation is 3. The maximum Gasteiger partial charge on any atom is 0.264 e. The lowest BCUT2D eigenvalue weighted by atomic mass is 10.1. The number of sulfonamides is 1. The molecule has 0 aliphatic rings. The van der Waals surface area contributed by atoms with E-state index in [0.29, 0.717) is 5.69 Å². The van der Waals surface area contributed by atoms with Gasteiger partial charge in [-0.15, -0.1) is 0 Å². The molecule has 0 spiro atoms. The summed E-state index contributed by atoms with van der Waals surface area (Å²) in [6.45, 7) is 8.93. The van der Waals surface area contributed by atoms with E-state index < -0.39 is 28.5 Å². The molecule has 0 aliphatic heterocycles. The van der Waals surface area contributed by atoms with E-state index in [9.17, 15) is 18.0 Å². The van der Waals surface area contributed by atoms with E-state index in [0.717, 1.165) is 32.1 Å². The zero-order valence-corrected chi connectivity index (χ0v) is 23.1. The summed E-state index contributed by atoms with van der Waals surface area (Å²) in [5, 5.41) is 2.60. The third-order valence-electron chi connectivity index (χ3n) is 6.58. The maximum atomic E-state index is 13.9. The maximum absolute atomic E-state index is 13.9. The molecule has 1 N–H and O–H groups in total. The van der Waals surface area contributed by atoms with E-state index in [1.165, 1.54) is 11.9 Å². The number of carbonyl (C=O) groups excluding carboxylic acids is 2. The van der Waals surface area contributed by atoms with E-state index in [2.05, 4.69) is 5.32 Å². The van der Waals surface area contributed by atoms with Crippen molar-refractivity contribution in [2.75, 3.05) is 17.9 Å². The summed E-state index contributed by atoms with van der Waals surface area (Å²) < 4.78 is 29.0. The second kappa shape index (κ2) is 11.6. The number of hydrogen-bond acceptors (Lipinski definition) is 4. The molecule has 3 aromatic rings. The summed E-state index contributed by atoms with van der Waals surface area (Å²) in [6, 6.07) is 18.8. The molecule has 0 fully saturated rings. The molecule has 0 heterocycles. The number of nitrogens with zero attached hydrogens (tertiary/aromatic N) is 2. The van der Waals surface area contributed by atoms with Crippen LogP contribution >= 0.6 is 0 Å². The highest BCUT2D eigenvalue weighted by Gasteiger charge is 2.33. The molecule has 0 saturated carbocycles. The second-order valence-electron chi connectivity index (χ2n) is 9.34. The Morgan fingerprint density at radius 1 is 0.892 bits per heavy atom. The third-order valence-corrected chi connectivity index (χ3v) is 8.36. The van der Waals surface area contributed by atoms with E-state index in [1.54, 1.807) is 43.3 Å². The molecule has 0 aliphatic carbocycles.